The maximum Gasteiger partial charge on any atom is 0.314 e. The number of hydrogen-bond acceptors (Lipinski definition) is 2. The molecule has 5 heteroatoms. The molecule has 4 nitrogen and oxygen atoms in total. The highest BCUT2D eigenvalue weighted by Crippen LogP contribution is 2.44. The second-order valence-corrected chi connectivity index (χ2v) is 5.58. The highest BCUT2D eigenvalue weighted by Gasteiger charge is 2.41. The van der Waals surface area contributed by atoms with E-state index in [4.69, 9.17) is 16.7 Å². The van der Waals surface area contributed by atoms with Crippen molar-refractivity contribution in [3.63, 3.8) is 0 Å². The lowest BCUT2D eigenvalue weighted by Gasteiger charge is -2.13. The lowest BCUT2D eigenvalue weighted by Crippen LogP contribution is -2.40. The van der Waals surface area contributed by atoms with Gasteiger partial charge in [-0.05, 0) is 37.0 Å². The van der Waals surface area contributed by atoms with E-state index in [-0.39, 0.29) is 18.1 Å². The second kappa shape index (κ2) is 6.26. The summed E-state index contributed by atoms with van der Waals surface area (Å²) < 4.78 is 0. The third-order valence-corrected chi connectivity index (χ3v) is 3.78. The normalized spacial score (nSPS) is 15.9. The first-order chi connectivity index (χ1) is 9.13. The van der Waals surface area contributed by atoms with E-state index in [9.17, 15) is 4.79 Å². The van der Waals surface area contributed by atoms with Crippen LogP contribution in [-0.4, -0.2) is 30.8 Å². The van der Waals surface area contributed by atoms with Crippen LogP contribution in [-0.2, 0) is 6.42 Å². The van der Waals surface area contributed by atoms with Crippen LogP contribution in [0.4, 0.5) is 4.79 Å². The summed E-state index contributed by atoms with van der Waals surface area (Å²) in [6.07, 6.45) is 2.76. The fourth-order valence-corrected chi connectivity index (χ4v) is 2.00. The Bertz CT molecular complexity index is 430. The molecule has 0 spiro atoms. The van der Waals surface area contributed by atoms with Gasteiger partial charge in [0.05, 0.1) is 6.61 Å². The number of nitrogens with one attached hydrogen (secondary N) is 2. The van der Waals surface area contributed by atoms with Gasteiger partial charge < -0.3 is 15.7 Å². The third kappa shape index (κ3) is 4.40. The molecule has 2 rings (SSSR count). The predicted octanol–water partition coefficient (Wildman–Crippen LogP) is 1.95. The number of urea groups is 1. The maximum atomic E-state index is 11.6. The average molecular weight is 283 g/mol. The van der Waals surface area contributed by atoms with Crippen LogP contribution in [0.15, 0.2) is 24.3 Å². The van der Waals surface area contributed by atoms with Crippen molar-refractivity contribution >= 4 is 17.6 Å². The lowest BCUT2D eigenvalue weighted by molar-refractivity contribution is 0.203. The minimum absolute atomic E-state index is 0.0481. The monoisotopic (exact) mass is 282 g/mol. The fourth-order valence-electron chi connectivity index (χ4n) is 1.87. The van der Waals surface area contributed by atoms with Crippen LogP contribution in [0, 0.1) is 5.41 Å². The van der Waals surface area contributed by atoms with Crippen LogP contribution in [0.2, 0.25) is 5.02 Å². The Labute approximate surface area is 118 Å². The summed E-state index contributed by atoms with van der Waals surface area (Å²) in [7, 11) is 0. The molecule has 19 heavy (non-hydrogen) atoms. The molecule has 0 unspecified atom stereocenters. The predicted molar refractivity (Wildman–Crippen MR) is 75.3 cm³/mol. The van der Waals surface area contributed by atoms with E-state index in [1.807, 2.05) is 24.3 Å². The smallest absolute Gasteiger partial charge is 0.314 e. The van der Waals surface area contributed by atoms with Crippen molar-refractivity contribution in [2.75, 3.05) is 19.7 Å². The van der Waals surface area contributed by atoms with E-state index in [0.29, 0.717) is 18.1 Å². The van der Waals surface area contributed by atoms with Crippen molar-refractivity contribution in [2.24, 2.45) is 5.41 Å². The van der Waals surface area contributed by atoms with E-state index in [2.05, 4.69) is 10.6 Å². The largest absolute Gasteiger partial charge is 0.396 e. The van der Waals surface area contributed by atoms with Crippen LogP contribution in [0.5, 0.6) is 0 Å². The molecule has 0 bridgehead atoms. The Morgan fingerprint density at radius 2 is 1.95 bits per heavy atom. The summed E-state index contributed by atoms with van der Waals surface area (Å²) in [5.41, 5.74) is 1.09. The number of hydrogen-bond donors (Lipinski definition) is 3. The van der Waals surface area contributed by atoms with Crippen LogP contribution >= 0.6 is 11.6 Å². The van der Waals surface area contributed by atoms with Gasteiger partial charge in [0, 0.05) is 23.5 Å². The Morgan fingerprint density at radius 1 is 1.26 bits per heavy atom. The summed E-state index contributed by atoms with van der Waals surface area (Å²) in [5.74, 6) is 0. The molecule has 0 aromatic heterocycles. The van der Waals surface area contributed by atoms with E-state index < -0.39 is 0 Å². The first kappa shape index (κ1) is 14.2. The van der Waals surface area contributed by atoms with Gasteiger partial charge in [-0.3, -0.25) is 0 Å². The van der Waals surface area contributed by atoms with Crippen LogP contribution < -0.4 is 10.6 Å². The molecule has 0 atom stereocenters. The van der Waals surface area contributed by atoms with Crippen LogP contribution in [0.3, 0.4) is 0 Å². The zero-order valence-electron chi connectivity index (χ0n) is 10.8. The molecular weight excluding hydrogens is 264 g/mol. The van der Waals surface area contributed by atoms with E-state index in [0.717, 1.165) is 24.8 Å². The average Bonchev–Trinajstić information content (AvgIpc) is 3.19. The van der Waals surface area contributed by atoms with Crippen molar-refractivity contribution in [1.82, 2.24) is 10.6 Å². The van der Waals surface area contributed by atoms with Crippen molar-refractivity contribution in [3.8, 4) is 0 Å². The molecule has 104 valence electrons. The summed E-state index contributed by atoms with van der Waals surface area (Å²) in [5, 5.41) is 15.5. The first-order valence-corrected chi connectivity index (χ1v) is 6.88. The van der Waals surface area contributed by atoms with Gasteiger partial charge in [0.2, 0.25) is 0 Å². The van der Waals surface area contributed by atoms with Crippen molar-refractivity contribution in [1.29, 1.82) is 0 Å². The molecule has 1 aliphatic carbocycles. The molecule has 0 heterocycles. The zero-order chi connectivity index (χ0) is 13.7. The minimum Gasteiger partial charge on any atom is -0.396 e. The number of carbonyl (C=O) groups is 1. The molecule has 1 aliphatic rings. The van der Waals surface area contributed by atoms with Gasteiger partial charge in [0.25, 0.3) is 0 Å². The lowest BCUT2D eigenvalue weighted by atomic mass is 10.1. The van der Waals surface area contributed by atoms with Crippen molar-refractivity contribution in [2.45, 2.75) is 19.3 Å². The van der Waals surface area contributed by atoms with Gasteiger partial charge in [-0.25, -0.2) is 4.79 Å². The molecule has 3 N–H and O–H groups in total. The van der Waals surface area contributed by atoms with Crippen LogP contribution in [0.1, 0.15) is 18.4 Å². The molecule has 1 saturated carbocycles. The van der Waals surface area contributed by atoms with Crippen molar-refractivity contribution < 1.29 is 9.90 Å². The summed E-state index contributed by atoms with van der Waals surface area (Å²) >= 11 is 5.80. The molecule has 1 fully saturated rings. The van der Waals surface area contributed by atoms with E-state index >= 15 is 0 Å². The topological polar surface area (TPSA) is 61.4 Å². The summed E-state index contributed by atoms with van der Waals surface area (Å²) in [6.45, 7) is 1.29. The molecule has 0 saturated heterocycles. The first-order valence-electron chi connectivity index (χ1n) is 6.51. The standard InChI is InChI=1S/C14H19ClN2O2/c15-12-3-1-11(2-4-12)5-8-16-13(19)17-9-14(10-18)6-7-14/h1-4,18H,5-10H2,(H2,16,17,19). The van der Waals surface area contributed by atoms with Gasteiger partial charge in [0.1, 0.15) is 0 Å². The molecule has 2 amide bonds. The Balaban J connectivity index is 1.62. The molecule has 0 aliphatic heterocycles. The number of benzene rings is 1. The fraction of sp³-hybridized carbons (Fsp3) is 0.500. The Morgan fingerprint density at radius 3 is 2.53 bits per heavy atom. The van der Waals surface area contributed by atoms with Gasteiger partial charge in [-0.1, -0.05) is 23.7 Å². The summed E-state index contributed by atoms with van der Waals surface area (Å²) in [6, 6.07) is 7.41. The van der Waals surface area contributed by atoms with E-state index in [1.165, 1.54) is 0 Å². The SMILES string of the molecule is O=C(NCCc1ccc(Cl)cc1)NCC1(CO)CC1. The molecule has 1 aromatic carbocycles. The maximum absolute atomic E-state index is 11.6. The van der Waals surface area contributed by atoms with Gasteiger partial charge >= 0.3 is 6.03 Å². The van der Waals surface area contributed by atoms with Gasteiger partial charge in [-0.15, -0.1) is 0 Å². The molecular formula is C14H19ClN2O2. The number of rotatable bonds is 6. The number of aliphatic hydroxyl groups excluding tert-OH is 1. The molecule has 0 radical (unpaired) electrons. The van der Waals surface area contributed by atoms with Gasteiger partial charge in [0.15, 0.2) is 0 Å². The number of carbonyl (C=O) groups excluding carboxylic acids is 1. The number of amides is 2. The Kier molecular flexibility index (Phi) is 4.66. The molecule has 1 aromatic rings. The third-order valence-electron chi connectivity index (χ3n) is 3.53. The number of halogens is 1. The highest BCUT2D eigenvalue weighted by molar-refractivity contribution is 6.30. The summed E-state index contributed by atoms with van der Waals surface area (Å²) in [4.78, 5) is 11.6. The quantitative estimate of drug-likeness (QED) is 0.747. The van der Waals surface area contributed by atoms with Crippen LogP contribution in [0.25, 0.3) is 0 Å². The second-order valence-electron chi connectivity index (χ2n) is 5.14. The number of aliphatic hydroxyl groups is 1. The Hall–Kier alpha value is -1.26. The van der Waals surface area contributed by atoms with Gasteiger partial charge in [-0.2, -0.15) is 0 Å². The van der Waals surface area contributed by atoms with Crippen molar-refractivity contribution in [3.05, 3.63) is 34.9 Å². The zero-order valence-corrected chi connectivity index (χ0v) is 11.5. The minimum atomic E-state index is -0.173. The highest BCUT2D eigenvalue weighted by atomic mass is 35.5. The van der Waals surface area contributed by atoms with E-state index in [1.54, 1.807) is 0 Å².